The third-order valence-corrected chi connectivity index (χ3v) is 3.80. The monoisotopic (exact) mass is 335 g/mol. The normalized spacial score (nSPS) is 12.1. The molecule has 0 radical (unpaired) electrons. The van der Waals surface area contributed by atoms with E-state index in [1.54, 1.807) is 6.92 Å². The molecule has 9 heteroatoms. The molecule has 0 amide bonds. The molecule has 0 aliphatic rings. The van der Waals surface area contributed by atoms with E-state index in [0.29, 0.717) is 5.89 Å². The van der Waals surface area contributed by atoms with Crippen LogP contribution >= 0.6 is 11.3 Å². The van der Waals surface area contributed by atoms with Gasteiger partial charge in [0.05, 0.1) is 9.80 Å². The minimum Gasteiger partial charge on any atom is -0.474 e. The highest BCUT2D eigenvalue weighted by Crippen LogP contribution is 2.32. The molecular formula is C14H10FN3O4S. The first-order valence-electron chi connectivity index (χ1n) is 6.52. The number of hydrogen-bond donors (Lipinski definition) is 0. The van der Waals surface area contributed by atoms with Crippen LogP contribution in [0.25, 0.3) is 10.8 Å². The minimum absolute atomic E-state index is 0.145. The number of hydrogen-bond acceptors (Lipinski definition) is 7. The Bertz CT molecular complexity index is 834. The zero-order chi connectivity index (χ0) is 16.4. The van der Waals surface area contributed by atoms with Gasteiger partial charge in [-0.2, -0.15) is 0 Å². The van der Waals surface area contributed by atoms with E-state index in [9.17, 15) is 14.5 Å². The Morgan fingerprint density at radius 2 is 2.22 bits per heavy atom. The van der Waals surface area contributed by atoms with Gasteiger partial charge < -0.3 is 9.15 Å². The number of nitrogens with zero attached hydrogens (tertiary/aromatic N) is 3. The molecule has 0 bridgehead atoms. The van der Waals surface area contributed by atoms with Gasteiger partial charge in [-0.05, 0) is 24.4 Å². The summed E-state index contributed by atoms with van der Waals surface area (Å²) in [6.07, 6.45) is -0.767. The van der Waals surface area contributed by atoms with Crippen LogP contribution < -0.4 is 4.74 Å². The highest BCUT2D eigenvalue weighted by molar-refractivity contribution is 7.13. The topological polar surface area (TPSA) is 91.3 Å². The zero-order valence-electron chi connectivity index (χ0n) is 11.8. The van der Waals surface area contributed by atoms with E-state index in [-0.39, 0.29) is 17.3 Å². The van der Waals surface area contributed by atoms with E-state index in [0.717, 1.165) is 23.1 Å². The van der Waals surface area contributed by atoms with Crippen LogP contribution in [0.1, 0.15) is 18.9 Å². The van der Waals surface area contributed by atoms with Gasteiger partial charge in [0.25, 0.3) is 11.8 Å². The fourth-order valence-electron chi connectivity index (χ4n) is 1.87. The average molecular weight is 335 g/mol. The summed E-state index contributed by atoms with van der Waals surface area (Å²) in [5.41, 5.74) is -0.337. The van der Waals surface area contributed by atoms with Crippen LogP contribution in [0.2, 0.25) is 0 Å². The van der Waals surface area contributed by atoms with Crippen LogP contribution in [-0.2, 0) is 0 Å². The van der Waals surface area contributed by atoms with Gasteiger partial charge in [-0.25, -0.2) is 4.39 Å². The molecule has 3 aromatic rings. The van der Waals surface area contributed by atoms with Crippen LogP contribution in [0.15, 0.2) is 40.1 Å². The average Bonchev–Trinajstić information content (AvgIpc) is 3.18. The summed E-state index contributed by atoms with van der Waals surface area (Å²) >= 11 is 1.44. The first-order valence-corrected chi connectivity index (χ1v) is 7.40. The van der Waals surface area contributed by atoms with E-state index in [1.165, 1.54) is 11.3 Å². The summed E-state index contributed by atoms with van der Waals surface area (Å²) in [5.74, 6) is -0.355. The molecule has 0 saturated carbocycles. The number of nitro benzene ring substituents is 1. The lowest BCUT2D eigenvalue weighted by molar-refractivity contribution is -0.386. The van der Waals surface area contributed by atoms with Crippen molar-refractivity contribution in [3.05, 3.63) is 57.5 Å². The molecule has 0 N–H and O–H groups in total. The lowest BCUT2D eigenvalue weighted by Gasteiger charge is -2.11. The summed E-state index contributed by atoms with van der Waals surface area (Å²) in [7, 11) is 0. The molecule has 1 aromatic carbocycles. The molecule has 7 nitrogen and oxygen atoms in total. The molecule has 2 heterocycles. The number of rotatable bonds is 5. The third kappa shape index (κ3) is 3.19. The van der Waals surface area contributed by atoms with Gasteiger partial charge in [-0.3, -0.25) is 10.1 Å². The van der Waals surface area contributed by atoms with E-state index in [1.807, 2.05) is 17.5 Å². The number of ether oxygens (including phenoxy) is 1. The SMILES string of the molecule is C[C@@H](Oc1cc(F)ccc1[N+](=O)[O-])c1nnc(-c2cccs2)o1. The number of nitro groups is 1. The summed E-state index contributed by atoms with van der Waals surface area (Å²) in [5, 5.41) is 20.6. The molecule has 0 saturated heterocycles. The van der Waals surface area contributed by atoms with Crippen molar-refractivity contribution in [2.24, 2.45) is 0 Å². The highest BCUT2D eigenvalue weighted by atomic mass is 32.1. The fourth-order valence-corrected chi connectivity index (χ4v) is 2.52. The lowest BCUT2D eigenvalue weighted by Crippen LogP contribution is -2.05. The van der Waals surface area contributed by atoms with Gasteiger partial charge >= 0.3 is 5.69 Å². The Balaban J connectivity index is 1.84. The number of benzene rings is 1. The largest absolute Gasteiger partial charge is 0.474 e. The second-order valence-electron chi connectivity index (χ2n) is 4.55. The Labute approximate surface area is 133 Å². The minimum atomic E-state index is -0.767. The van der Waals surface area contributed by atoms with Crippen LogP contribution in [0.5, 0.6) is 5.75 Å². The van der Waals surface area contributed by atoms with Crippen LogP contribution in [0, 0.1) is 15.9 Å². The highest BCUT2D eigenvalue weighted by Gasteiger charge is 2.22. The van der Waals surface area contributed by atoms with Gasteiger partial charge in [-0.1, -0.05) is 6.07 Å². The summed E-state index contributed by atoms with van der Waals surface area (Å²) < 4.78 is 24.2. The standard InChI is InChI=1S/C14H10FN3O4S/c1-8(13-16-17-14(22-13)12-3-2-6-23-12)21-11-7-9(15)4-5-10(11)18(19)20/h2-8H,1H3/t8-/m1/s1. The lowest BCUT2D eigenvalue weighted by atomic mass is 10.3. The second-order valence-corrected chi connectivity index (χ2v) is 5.50. The van der Waals surface area contributed by atoms with E-state index >= 15 is 0 Å². The molecule has 0 spiro atoms. The summed E-state index contributed by atoms with van der Waals surface area (Å²) in [4.78, 5) is 11.1. The zero-order valence-corrected chi connectivity index (χ0v) is 12.6. The molecule has 118 valence electrons. The van der Waals surface area contributed by atoms with E-state index < -0.39 is 16.8 Å². The Morgan fingerprint density at radius 3 is 2.91 bits per heavy atom. The van der Waals surface area contributed by atoms with Crippen molar-refractivity contribution in [1.29, 1.82) is 0 Å². The van der Waals surface area contributed by atoms with Gasteiger partial charge in [0.1, 0.15) is 5.82 Å². The molecule has 3 rings (SSSR count). The predicted molar refractivity (Wildman–Crippen MR) is 79.7 cm³/mol. The van der Waals surface area contributed by atoms with E-state index in [2.05, 4.69) is 10.2 Å². The fraction of sp³-hybridized carbons (Fsp3) is 0.143. The van der Waals surface area contributed by atoms with Crippen molar-refractivity contribution in [2.45, 2.75) is 13.0 Å². The molecule has 2 aromatic heterocycles. The number of aromatic nitrogens is 2. The van der Waals surface area contributed by atoms with Crippen molar-refractivity contribution < 1.29 is 18.5 Å². The maximum atomic E-state index is 13.3. The molecule has 23 heavy (non-hydrogen) atoms. The molecular weight excluding hydrogens is 325 g/mol. The summed E-state index contributed by atoms with van der Waals surface area (Å²) in [6.45, 7) is 1.58. The molecule has 0 fully saturated rings. The van der Waals surface area contributed by atoms with Crippen molar-refractivity contribution in [1.82, 2.24) is 10.2 Å². The smallest absolute Gasteiger partial charge is 0.311 e. The first kappa shape index (κ1) is 15.1. The molecule has 0 aliphatic carbocycles. The van der Waals surface area contributed by atoms with Gasteiger partial charge in [0.2, 0.25) is 5.75 Å². The van der Waals surface area contributed by atoms with Crippen molar-refractivity contribution in [2.75, 3.05) is 0 Å². The van der Waals surface area contributed by atoms with Gasteiger partial charge in [0, 0.05) is 12.1 Å². The first-order chi connectivity index (χ1) is 11.0. The van der Waals surface area contributed by atoms with Crippen LogP contribution in [0.3, 0.4) is 0 Å². The molecule has 0 aliphatic heterocycles. The number of thiophene rings is 1. The van der Waals surface area contributed by atoms with Crippen molar-refractivity contribution in [3.8, 4) is 16.5 Å². The van der Waals surface area contributed by atoms with E-state index in [4.69, 9.17) is 9.15 Å². The van der Waals surface area contributed by atoms with Crippen LogP contribution in [-0.4, -0.2) is 15.1 Å². The maximum Gasteiger partial charge on any atom is 0.311 e. The Kier molecular flexibility index (Phi) is 4.02. The van der Waals surface area contributed by atoms with Crippen molar-refractivity contribution >= 4 is 17.0 Å². The Morgan fingerprint density at radius 1 is 1.39 bits per heavy atom. The van der Waals surface area contributed by atoms with Gasteiger partial charge in [-0.15, -0.1) is 21.5 Å². The number of halogens is 1. The molecule has 1 atom stereocenters. The predicted octanol–water partition coefficient (Wildman–Crippen LogP) is 3.99. The maximum absolute atomic E-state index is 13.3. The third-order valence-electron chi connectivity index (χ3n) is 2.94. The van der Waals surface area contributed by atoms with Gasteiger partial charge in [0.15, 0.2) is 6.10 Å². The summed E-state index contributed by atoms with van der Waals surface area (Å²) in [6, 6.07) is 6.66. The second kappa shape index (κ2) is 6.13. The van der Waals surface area contributed by atoms with Crippen molar-refractivity contribution in [3.63, 3.8) is 0 Å². The Hall–Kier alpha value is -2.81. The molecule has 0 unspecified atom stereocenters. The quantitative estimate of drug-likeness (QED) is 0.517. The van der Waals surface area contributed by atoms with Crippen LogP contribution in [0.4, 0.5) is 10.1 Å².